The molecule has 0 radical (unpaired) electrons. The molecule has 0 aliphatic carbocycles. The van der Waals surface area contributed by atoms with Gasteiger partial charge in [-0.25, -0.2) is 8.42 Å². The molecule has 0 aliphatic heterocycles. The second-order valence-electron chi connectivity index (χ2n) is 7.77. The van der Waals surface area contributed by atoms with Gasteiger partial charge in [0.2, 0.25) is 0 Å². The van der Waals surface area contributed by atoms with E-state index >= 15 is 0 Å². The average Bonchev–Trinajstić information content (AvgIpc) is 2.58. The summed E-state index contributed by atoms with van der Waals surface area (Å²) in [5.74, 6) is 0. The topological polar surface area (TPSA) is 77.4 Å². The molecule has 0 saturated heterocycles. The number of hydrogen-bond donors (Lipinski definition) is 1. The van der Waals surface area contributed by atoms with Crippen LogP contribution in [-0.4, -0.2) is 29.4 Å². The van der Waals surface area contributed by atoms with Crippen molar-refractivity contribution < 1.29 is 47.6 Å². The second kappa shape index (κ2) is 20.2. The molecule has 0 aromatic heterocycles. The number of unbranched alkanes of at least 4 members (excludes halogenated alkanes) is 13. The van der Waals surface area contributed by atoms with Crippen LogP contribution in [0.3, 0.4) is 0 Å². The standard InChI is InChI=1S/C21H44O4S.Na/c1-3-5-6-7-8-9-10-11-12-13-14-15-16-17-19-20(22)21(18-4-2)26(23,24)25;/h20-22H,3-19H2,1-2H3,(H,23,24,25);/q;+1/p-1. The number of aliphatic hydroxyl groups excluding tert-OH is 1. The summed E-state index contributed by atoms with van der Waals surface area (Å²) in [6.45, 7) is 4.08. The summed E-state index contributed by atoms with van der Waals surface area (Å²) in [5, 5.41) is 8.86. The molecule has 0 heterocycles. The van der Waals surface area contributed by atoms with Crippen molar-refractivity contribution in [1.82, 2.24) is 0 Å². The fourth-order valence-corrected chi connectivity index (χ4v) is 4.59. The summed E-state index contributed by atoms with van der Waals surface area (Å²) in [6, 6.07) is 0. The van der Waals surface area contributed by atoms with Gasteiger partial charge in [-0.2, -0.15) is 0 Å². The smallest absolute Gasteiger partial charge is 0.748 e. The minimum Gasteiger partial charge on any atom is -0.748 e. The van der Waals surface area contributed by atoms with Gasteiger partial charge in [0.1, 0.15) is 10.1 Å². The van der Waals surface area contributed by atoms with Gasteiger partial charge in [0.25, 0.3) is 0 Å². The number of hydrogen-bond acceptors (Lipinski definition) is 4. The maximum absolute atomic E-state index is 11.2. The Morgan fingerprint density at radius 2 is 1.04 bits per heavy atom. The molecule has 0 bridgehead atoms. The van der Waals surface area contributed by atoms with E-state index in [2.05, 4.69) is 6.92 Å². The van der Waals surface area contributed by atoms with Gasteiger partial charge in [0, 0.05) is 0 Å². The summed E-state index contributed by atoms with van der Waals surface area (Å²) in [7, 11) is -4.40. The monoisotopic (exact) mass is 414 g/mol. The first-order chi connectivity index (χ1) is 12.4. The first-order valence-electron chi connectivity index (χ1n) is 11.1. The van der Waals surface area contributed by atoms with Crippen molar-refractivity contribution in [3.05, 3.63) is 0 Å². The van der Waals surface area contributed by atoms with Gasteiger partial charge < -0.3 is 9.66 Å². The summed E-state index contributed by atoms with van der Waals surface area (Å²) in [6.07, 6.45) is 18.0. The van der Waals surface area contributed by atoms with Crippen molar-refractivity contribution in [2.75, 3.05) is 0 Å². The SMILES string of the molecule is CCCCCCCCCCCCCCCCC(O)C(CCC)S(=O)(=O)[O-].[Na+]. The Balaban J connectivity index is 0. The van der Waals surface area contributed by atoms with Gasteiger partial charge in [-0.05, 0) is 12.8 Å². The van der Waals surface area contributed by atoms with E-state index in [-0.39, 0.29) is 36.0 Å². The molecule has 2 atom stereocenters. The van der Waals surface area contributed by atoms with Crippen LogP contribution in [0.4, 0.5) is 0 Å². The number of aliphatic hydroxyl groups is 1. The molecule has 158 valence electrons. The Kier molecular flexibility index (Phi) is 22.4. The summed E-state index contributed by atoms with van der Waals surface area (Å²) >= 11 is 0. The molecule has 0 aliphatic rings. The van der Waals surface area contributed by atoms with E-state index in [0.29, 0.717) is 12.8 Å². The quantitative estimate of drug-likeness (QED) is 0.200. The molecule has 6 heteroatoms. The molecular formula is C21H43NaO4S. The van der Waals surface area contributed by atoms with Crippen molar-refractivity contribution in [1.29, 1.82) is 0 Å². The molecule has 0 fully saturated rings. The van der Waals surface area contributed by atoms with Gasteiger partial charge in [-0.15, -0.1) is 0 Å². The first kappa shape index (κ1) is 30.1. The summed E-state index contributed by atoms with van der Waals surface area (Å²) in [5.41, 5.74) is 0. The molecule has 0 aromatic rings. The summed E-state index contributed by atoms with van der Waals surface area (Å²) < 4.78 is 33.6. The third-order valence-corrected chi connectivity index (χ3v) is 6.52. The van der Waals surface area contributed by atoms with Crippen molar-refractivity contribution in [2.45, 2.75) is 134 Å². The minimum atomic E-state index is -4.40. The minimum absolute atomic E-state index is 0. The fourth-order valence-electron chi connectivity index (χ4n) is 3.55. The van der Waals surface area contributed by atoms with Crippen LogP contribution in [0.25, 0.3) is 0 Å². The van der Waals surface area contributed by atoms with Crippen molar-refractivity contribution in [3.63, 3.8) is 0 Å². The van der Waals surface area contributed by atoms with Crippen molar-refractivity contribution >= 4 is 10.1 Å². The van der Waals surface area contributed by atoms with E-state index < -0.39 is 21.5 Å². The van der Waals surface area contributed by atoms with Crippen LogP contribution >= 0.6 is 0 Å². The van der Waals surface area contributed by atoms with Gasteiger partial charge in [-0.3, -0.25) is 0 Å². The molecule has 2 unspecified atom stereocenters. The fraction of sp³-hybridized carbons (Fsp3) is 1.00. The van der Waals surface area contributed by atoms with E-state index in [4.69, 9.17) is 0 Å². The van der Waals surface area contributed by atoms with Crippen LogP contribution in [0.1, 0.15) is 123 Å². The molecule has 0 aromatic carbocycles. The van der Waals surface area contributed by atoms with Gasteiger partial charge in [0.05, 0.1) is 11.4 Å². The first-order valence-corrected chi connectivity index (χ1v) is 12.5. The van der Waals surface area contributed by atoms with Crippen LogP contribution in [0.2, 0.25) is 0 Å². The van der Waals surface area contributed by atoms with Crippen LogP contribution in [-0.2, 0) is 10.1 Å². The second-order valence-corrected chi connectivity index (χ2v) is 9.36. The Morgan fingerprint density at radius 3 is 1.37 bits per heavy atom. The third-order valence-electron chi connectivity index (χ3n) is 5.23. The molecule has 4 nitrogen and oxygen atoms in total. The van der Waals surface area contributed by atoms with Crippen molar-refractivity contribution in [3.8, 4) is 0 Å². The third kappa shape index (κ3) is 18.6. The Labute approximate surface area is 191 Å². The zero-order chi connectivity index (χ0) is 19.7. The summed E-state index contributed by atoms with van der Waals surface area (Å²) in [4.78, 5) is 0. The maximum atomic E-state index is 11.2. The molecule has 0 spiro atoms. The largest absolute Gasteiger partial charge is 1.00 e. The zero-order valence-corrected chi connectivity index (χ0v) is 21.1. The van der Waals surface area contributed by atoms with E-state index in [1.54, 1.807) is 0 Å². The average molecular weight is 415 g/mol. The van der Waals surface area contributed by atoms with Gasteiger partial charge in [-0.1, -0.05) is 110 Å². The van der Waals surface area contributed by atoms with Crippen molar-refractivity contribution in [2.24, 2.45) is 0 Å². The predicted molar refractivity (Wildman–Crippen MR) is 109 cm³/mol. The maximum Gasteiger partial charge on any atom is 1.00 e. The van der Waals surface area contributed by atoms with E-state index in [1.807, 2.05) is 6.92 Å². The van der Waals surface area contributed by atoms with Crippen LogP contribution < -0.4 is 29.6 Å². The van der Waals surface area contributed by atoms with E-state index in [0.717, 1.165) is 19.3 Å². The van der Waals surface area contributed by atoms with E-state index in [1.165, 1.54) is 70.6 Å². The van der Waals surface area contributed by atoms with E-state index in [9.17, 15) is 18.1 Å². The molecule has 0 rings (SSSR count). The molecule has 0 amide bonds. The number of rotatable bonds is 19. The Morgan fingerprint density at radius 1 is 0.667 bits per heavy atom. The van der Waals surface area contributed by atoms with Gasteiger partial charge in [0.15, 0.2) is 0 Å². The molecule has 27 heavy (non-hydrogen) atoms. The normalized spacial score (nSPS) is 13.9. The van der Waals surface area contributed by atoms with Crippen LogP contribution in [0.5, 0.6) is 0 Å². The Bertz CT molecular complexity index is 401. The van der Waals surface area contributed by atoms with Gasteiger partial charge >= 0.3 is 29.6 Å². The molecular weight excluding hydrogens is 371 g/mol. The van der Waals surface area contributed by atoms with Crippen LogP contribution in [0.15, 0.2) is 0 Å². The molecule has 0 saturated carbocycles. The molecule has 1 N–H and O–H groups in total. The van der Waals surface area contributed by atoms with Crippen LogP contribution in [0, 0.1) is 0 Å². The predicted octanol–water partition coefficient (Wildman–Crippen LogP) is 2.94. The Hall–Kier alpha value is 0.870. The zero-order valence-electron chi connectivity index (χ0n) is 18.3.